The Kier molecular flexibility index (Phi) is 35.6. The van der Waals surface area contributed by atoms with E-state index in [1.165, 1.54) is 94.6 Å². The van der Waals surface area contributed by atoms with Crippen LogP contribution in [0.2, 0.25) is 0 Å². The Morgan fingerprint density at radius 1 is 0.358 bits per heavy atom. The average Bonchev–Trinajstić information content (AvgIpc) is 0.742. The third-order valence-corrected chi connectivity index (χ3v) is 22.6. The zero-order valence-corrected chi connectivity index (χ0v) is 60.8. The minimum Gasteiger partial charge on any atom is -0.396 e. The van der Waals surface area contributed by atoms with Gasteiger partial charge in [0.25, 0.3) is 0 Å². The second-order valence-electron chi connectivity index (χ2n) is 24.5. The van der Waals surface area contributed by atoms with E-state index in [0.717, 1.165) is 0 Å². The molecule has 6 rings (SSSR count). The molecule has 32 atom stereocenters. The fourth-order valence-electron chi connectivity index (χ4n) is 15.4. The minimum atomic E-state index is -1.71. The molecule has 6 N–H and O–H groups in total. The monoisotopic (exact) mass is 1420 g/mol. The van der Waals surface area contributed by atoms with Gasteiger partial charge in [-0.15, -0.1) is 0 Å². The molecular formula is C62H116N2O29S2. The summed E-state index contributed by atoms with van der Waals surface area (Å²) in [5.74, 6) is -0.145. The van der Waals surface area contributed by atoms with E-state index in [4.69, 9.17) is 118 Å². The second-order valence-corrected chi connectivity index (χ2v) is 27.0. The first-order valence-electron chi connectivity index (χ1n) is 32.1. The molecule has 33 heteroatoms. The van der Waals surface area contributed by atoms with E-state index in [9.17, 15) is 20.4 Å². The van der Waals surface area contributed by atoms with Crippen LogP contribution in [0.1, 0.15) is 13.8 Å². The Bertz CT molecular complexity index is 1980. The summed E-state index contributed by atoms with van der Waals surface area (Å²) in [5.41, 5.74) is -3.40. The quantitative estimate of drug-likeness (QED) is 0.0366. The molecule has 0 amide bonds. The Morgan fingerprint density at radius 3 is 1.14 bits per heavy atom. The first-order chi connectivity index (χ1) is 45.9. The molecule has 0 aromatic rings. The van der Waals surface area contributed by atoms with Crippen molar-refractivity contribution in [3.8, 4) is 0 Å². The number of ether oxygens (including phenoxy) is 25. The number of thioether (sulfide) groups is 2. The van der Waals surface area contributed by atoms with Crippen LogP contribution >= 0.6 is 23.5 Å². The number of aliphatic hydroxyl groups excluding tert-OH is 2. The van der Waals surface area contributed by atoms with Crippen molar-refractivity contribution in [2.75, 3.05) is 192 Å². The van der Waals surface area contributed by atoms with Gasteiger partial charge >= 0.3 is 0 Å². The highest BCUT2D eigenvalue weighted by Gasteiger charge is 2.64. The molecular weight excluding hydrogens is 1300 g/mol. The van der Waals surface area contributed by atoms with Gasteiger partial charge in [0.15, 0.2) is 18.9 Å². The topological polar surface area (TPSA) is 336 Å². The number of rotatable bonds is 40. The van der Waals surface area contributed by atoms with Crippen molar-refractivity contribution < 1.29 is 139 Å². The van der Waals surface area contributed by atoms with Crippen LogP contribution in [-0.2, 0) is 118 Å². The summed E-state index contributed by atoms with van der Waals surface area (Å²) in [6.07, 6.45) is -17.7. The van der Waals surface area contributed by atoms with Crippen LogP contribution in [0.15, 0.2) is 0 Å². The lowest BCUT2D eigenvalue weighted by atomic mass is 9.69. The molecule has 0 aromatic carbocycles. The summed E-state index contributed by atoms with van der Waals surface area (Å²) in [5, 5.41) is 53.7. The van der Waals surface area contributed by atoms with Gasteiger partial charge in [-0.05, 0) is 13.8 Å². The zero-order valence-electron chi connectivity index (χ0n) is 59.2. The first kappa shape index (κ1) is 83.4. The van der Waals surface area contributed by atoms with Crippen molar-refractivity contribution in [3.05, 3.63) is 0 Å². The fraction of sp³-hybridized carbons (Fsp3) is 1.00. The molecule has 31 nitrogen and oxygen atoms in total. The van der Waals surface area contributed by atoms with E-state index < -0.39 is 199 Å². The fourth-order valence-corrected chi connectivity index (χ4v) is 18.2. The van der Waals surface area contributed by atoms with E-state index in [0.29, 0.717) is 11.5 Å². The Labute approximate surface area is 569 Å². The van der Waals surface area contributed by atoms with Crippen molar-refractivity contribution in [2.24, 2.45) is 5.92 Å². The zero-order chi connectivity index (χ0) is 69.9. The van der Waals surface area contributed by atoms with Crippen LogP contribution in [-0.4, -0.2) is 400 Å². The number of nitrogens with one attached hydrogen (secondary N) is 2. The molecule has 0 spiro atoms. The van der Waals surface area contributed by atoms with E-state index in [-0.39, 0.29) is 46.2 Å². The third-order valence-electron chi connectivity index (χ3n) is 19.7. The van der Waals surface area contributed by atoms with Crippen molar-refractivity contribution in [2.45, 2.75) is 201 Å². The SMILES string of the molecule is COCC1O[C@H](CO)[C@H](OC)C(OC)[C@@H]1O[C@H]1OC(C)[C@@H](N[C@H]2C(SCCOCCSC3[C@@H](N[C@H]4C(C)O[C@@H](O[C@H]5C(COC)O[C@@H](OC)[C@@H](OC)C5OC)[C@@H](OC)C4OC)[C@@H](OC)C(OC)[C@@H](CO)C3(O)COC)C(O)(COC)[C@@H](OC)C(OC)[C@H]2OC)C(OC)[C@H]1OC. The van der Waals surface area contributed by atoms with Crippen LogP contribution in [0.3, 0.4) is 0 Å². The maximum atomic E-state index is 13.1. The minimum absolute atomic E-state index is 0.113. The van der Waals surface area contributed by atoms with Crippen LogP contribution < -0.4 is 10.6 Å². The molecule has 6 fully saturated rings. The summed E-state index contributed by atoms with van der Waals surface area (Å²) in [6, 6.07) is -2.66. The predicted molar refractivity (Wildman–Crippen MR) is 343 cm³/mol. The molecule has 0 radical (unpaired) electrons. The average molecular weight is 1420 g/mol. The summed E-state index contributed by atoms with van der Waals surface area (Å²) >= 11 is 2.87. The van der Waals surface area contributed by atoms with Gasteiger partial charge in [-0.3, -0.25) is 0 Å². The highest BCUT2D eigenvalue weighted by Crippen LogP contribution is 2.46. The molecule has 2 aliphatic carbocycles. The second kappa shape index (κ2) is 40.5. The summed E-state index contributed by atoms with van der Waals surface area (Å²) in [6.45, 7) is 3.36. The molecule has 560 valence electrons. The van der Waals surface area contributed by atoms with Crippen LogP contribution in [0.5, 0.6) is 0 Å². The van der Waals surface area contributed by atoms with E-state index in [1.807, 2.05) is 13.8 Å². The van der Waals surface area contributed by atoms with Crippen molar-refractivity contribution >= 4 is 23.5 Å². The number of aliphatic hydroxyl groups is 4. The van der Waals surface area contributed by atoms with Crippen LogP contribution in [0.25, 0.3) is 0 Å². The van der Waals surface area contributed by atoms with Gasteiger partial charge in [0.2, 0.25) is 0 Å². The molecule has 4 aliphatic heterocycles. The number of hydrogen-bond donors (Lipinski definition) is 6. The van der Waals surface area contributed by atoms with E-state index in [1.54, 1.807) is 56.9 Å². The molecule has 2 saturated carbocycles. The normalized spacial score (nSPS) is 44.3. The first-order valence-corrected chi connectivity index (χ1v) is 34.2. The van der Waals surface area contributed by atoms with Gasteiger partial charge in [0, 0.05) is 145 Å². The predicted octanol–water partition coefficient (Wildman–Crippen LogP) is -1.87. The lowest BCUT2D eigenvalue weighted by Crippen LogP contribution is -2.77. The molecule has 0 aromatic heterocycles. The summed E-state index contributed by atoms with van der Waals surface area (Å²) in [4.78, 5) is 0. The molecule has 4 heterocycles. The van der Waals surface area contributed by atoms with E-state index in [2.05, 4.69) is 10.6 Å². The largest absolute Gasteiger partial charge is 0.396 e. The summed E-state index contributed by atoms with van der Waals surface area (Å²) in [7, 11) is 27.7. The lowest BCUT2D eigenvalue weighted by Gasteiger charge is -2.56. The molecule has 95 heavy (non-hydrogen) atoms. The summed E-state index contributed by atoms with van der Waals surface area (Å²) < 4.78 is 154. The Hall–Kier alpha value is -0.540. The van der Waals surface area contributed by atoms with Gasteiger partial charge in [0.1, 0.15) is 115 Å². The Balaban J connectivity index is 1.22. The van der Waals surface area contributed by atoms with Crippen LogP contribution in [0.4, 0.5) is 0 Å². The number of hydrogen-bond acceptors (Lipinski definition) is 33. The van der Waals surface area contributed by atoms with Gasteiger partial charge in [-0.1, -0.05) is 0 Å². The number of methoxy groups -OCH3 is 18. The standard InChI is InChI=1S/C62H116N2O29S2/c1-31-37(45(75-9)53(83-17)60(89-31)93-44-36(28-70-4)91-58(86-20)54(84-18)50(44)80-14)63-39-47(77-11)41(73-7)33(25-65)61(67,29-71-5)56(39)94-23-21-87-22-24-95-57-40(48(78-12)51(81-15)55(85-19)62(57,68)30-72-6)64-38-32(2)88-59(52(82-16)46(38)76-10)92-43-35(27-69-3)90-34(26-66)42(74-8)49(43)79-13/h31-60,63-68H,21-30H2,1-20H3/t31?,32?,33-,34-,35?,36?,37+,38-,39+,40-,41?,42+,43-,44+,45?,46?,47-,48+,49?,50?,51?,52-,53+,54+,55+,56?,57?,58-,59-,60+,61?,62?/m1/s1. The smallest absolute Gasteiger partial charge is 0.187 e. The van der Waals surface area contributed by atoms with Crippen molar-refractivity contribution in [3.63, 3.8) is 0 Å². The van der Waals surface area contributed by atoms with E-state index >= 15 is 0 Å². The molecule has 4 saturated heterocycles. The van der Waals surface area contributed by atoms with Gasteiger partial charge in [0.05, 0.1) is 106 Å². The van der Waals surface area contributed by atoms with Crippen molar-refractivity contribution in [1.82, 2.24) is 10.6 Å². The third kappa shape index (κ3) is 18.2. The van der Waals surface area contributed by atoms with Crippen LogP contribution in [0, 0.1) is 5.92 Å². The maximum absolute atomic E-state index is 13.1. The lowest BCUT2D eigenvalue weighted by molar-refractivity contribution is -0.355. The molecule has 6 aliphatic rings. The van der Waals surface area contributed by atoms with Gasteiger partial charge in [-0.2, -0.15) is 23.5 Å². The van der Waals surface area contributed by atoms with Gasteiger partial charge < -0.3 is 149 Å². The molecule has 0 bridgehead atoms. The molecule has 14 unspecified atom stereocenters. The van der Waals surface area contributed by atoms with Gasteiger partial charge in [-0.25, -0.2) is 0 Å². The highest BCUT2D eigenvalue weighted by molar-refractivity contribution is 8.00. The maximum Gasteiger partial charge on any atom is 0.187 e. The highest BCUT2D eigenvalue weighted by atomic mass is 32.2. The Morgan fingerprint density at radius 2 is 0.747 bits per heavy atom. The van der Waals surface area contributed by atoms with Crippen molar-refractivity contribution in [1.29, 1.82) is 0 Å².